The van der Waals surface area contributed by atoms with E-state index in [9.17, 15) is 4.79 Å². The highest BCUT2D eigenvalue weighted by atomic mass is 32.1. The minimum atomic E-state index is 0.0179. The fourth-order valence-electron chi connectivity index (χ4n) is 2.99. The molecule has 0 atom stereocenters. The fraction of sp³-hybridized carbons (Fsp3) is 0.474. The summed E-state index contributed by atoms with van der Waals surface area (Å²) < 4.78 is 10.5. The average Bonchev–Trinajstić information content (AvgIpc) is 3.13. The number of amides is 1. The van der Waals surface area contributed by atoms with Crippen molar-refractivity contribution in [3.05, 3.63) is 45.9 Å². The molecule has 0 aliphatic carbocycles. The first-order valence-electron chi connectivity index (χ1n) is 8.86. The summed E-state index contributed by atoms with van der Waals surface area (Å²) in [6, 6.07) is 8.24. The molecule has 1 fully saturated rings. The topological polar surface area (TPSA) is 54.9 Å². The molecule has 1 aromatic carbocycles. The van der Waals surface area contributed by atoms with E-state index in [-0.39, 0.29) is 5.91 Å². The highest BCUT2D eigenvalue weighted by molar-refractivity contribution is 7.09. The molecule has 3 rings (SSSR count). The zero-order chi connectivity index (χ0) is 18.4. The molecule has 2 heterocycles. The first-order chi connectivity index (χ1) is 12.7. The third-order valence-electron chi connectivity index (χ3n) is 4.34. The van der Waals surface area contributed by atoms with Crippen LogP contribution >= 0.6 is 11.3 Å². The normalized spacial score (nSPS) is 15.2. The van der Waals surface area contributed by atoms with Crippen molar-refractivity contribution < 1.29 is 14.3 Å². The van der Waals surface area contributed by atoms with Gasteiger partial charge in [-0.2, -0.15) is 0 Å². The van der Waals surface area contributed by atoms with Gasteiger partial charge in [0.05, 0.1) is 13.2 Å². The van der Waals surface area contributed by atoms with Gasteiger partial charge in [0.25, 0.3) is 5.91 Å². The Morgan fingerprint density at radius 3 is 2.58 bits per heavy atom. The van der Waals surface area contributed by atoms with E-state index in [2.05, 4.69) is 22.0 Å². The van der Waals surface area contributed by atoms with E-state index in [4.69, 9.17) is 9.47 Å². The van der Waals surface area contributed by atoms with Crippen molar-refractivity contribution in [1.29, 1.82) is 0 Å². The summed E-state index contributed by atoms with van der Waals surface area (Å²) in [6.07, 6.45) is 0. The van der Waals surface area contributed by atoms with Gasteiger partial charge in [-0.1, -0.05) is 12.1 Å². The van der Waals surface area contributed by atoms with Crippen LogP contribution in [0.5, 0.6) is 5.75 Å². The van der Waals surface area contributed by atoms with Crippen LogP contribution in [0.15, 0.2) is 29.6 Å². The Morgan fingerprint density at radius 1 is 1.19 bits per heavy atom. The highest BCUT2D eigenvalue weighted by Crippen LogP contribution is 2.17. The molecule has 140 valence electrons. The van der Waals surface area contributed by atoms with E-state index in [0.717, 1.165) is 43.5 Å². The Morgan fingerprint density at radius 2 is 1.92 bits per heavy atom. The molecule has 1 saturated heterocycles. The van der Waals surface area contributed by atoms with E-state index in [1.807, 2.05) is 29.3 Å². The van der Waals surface area contributed by atoms with Crippen molar-refractivity contribution in [3.63, 3.8) is 0 Å². The minimum Gasteiger partial charge on any atom is -0.494 e. The van der Waals surface area contributed by atoms with Crippen LogP contribution in [0.25, 0.3) is 0 Å². The number of thiazole rings is 1. The molecule has 0 spiro atoms. The van der Waals surface area contributed by atoms with Gasteiger partial charge < -0.3 is 14.4 Å². The quantitative estimate of drug-likeness (QED) is 0.745. The van der Waals surface area contributed by atoms with Crippen molar-refractivity contribution in [3.8, 4) is 5.75 Å². The van der Waals surface area contributed by atoms with Gasteiger partial charge in [0, 0.05) is 45.2 Å². The summed E-state index contributed by atoms with van der Waals surface area (Å²) in [5.74, 6) is 0.923. The predicted octanol–water partition coefficient (Wildman–Crippen LogP) is 2.65. The van der Waals surface area contributed by atoms with Crippen molar-refractivity contribution in [2.24, 2.45) is 0 Å². The van der Waals surface area contributed by atoms with Crippen LogP contribution in [0.1, 0.15) is 28.0 Å². The Kier molecular flexibility index (Phi) is 6.60. The van der Waals surface area contributed by atoms with E-state index in [1.165, 1.54) is 16.9 Å². The molecule has 1 amide bonds. The van der Waals surface area contributed by atoms with E-state index in [1.54, 1.807) is 7.11 Å². The Bertz CT molecular complexity index is 709. The third kappa shape index (κ3) is 4.81. The molecule has 0 radical (unpaired) electrons. The molecule has 26 heavy (non-hydrogen) atoms. The second-order valence-corrected chi connectivity index (χ2v) is 7.15. The monoisotopic (exact) mass is 375 g/mol. The maximum atomic E-state index is 12.6. The van der Waals surface area contributed by atoms with Crippen LogP contribution in [0.2, 0.25) is 0 Å². The lowest BCUT2D eigenvalue weighted by molar-refractivity contribution is 0.0623. The lowest BCUT2D eigenvalue weighted by Crippen LogP contribution is -2.48. The van der Waals surface area contributed by atoms with Crippen LogP contribution < -0.4 is 4.74 Å². The molecule has 2 aromatic rings. The number of hydrogen-bond acceptors (Lipinski definition) is 6. The third-order valence-corrected chi connectivity index (χ3v) is 5.16. The van der Waals surface area contributed by atoms with Gasteiger partial charge in [-0.15, -0.1) is 11.3 Å². The first kappa shape index (κ1) is 18.8. The molecule has 7 heteroatoms. The van der Waals surface area contributed by atoms with Gasteiger partial charge in [0.15, 0.2) is 0 Å². The number of carbonyl (C=O) groups is 1. The summed E-state index contributed by atoms with van der Waals surface area (Å²) in [6.45, 7) is 7.21. The van der Waals surface area contributed by atoms with Crippen LogP contribution in [-0.4, -0.2) is 60.6 Å². The molecule has 1 aliphatic heterocycles. The number of carbonyl (C=O) groups excluding carboxylic acids is 1. The van der Waals surface area contributed by atoms with Crippen molar-refractivity contribution in [1.82, 2.24) is 14.8 Å². The van der Waals surface area contributed by atoms with Gasteiger partial charge in [-0.05, 0) is 24.6 Å². The van der Waals surface area contributed by atoms with Crippen LogP contribution in [-0.2, 0) is 17.9 Å². The summed E-state index contributed by atoms with van der Waals surface area (Å²) >= 11 is 1.47. The van der Waals surface area contributed by atoms with Crippen molar-refractivity contribution in [2.75, 3.05) is 39.9 Å². The average molecular weight is 375 g/mol. The maximum absolute atomic E-state index is 12.6. The van der Waals surface area contributed by atoms with Crippen LogP contribution in [0, 0.1) is 0 Å². The molecule has 0 bridgehead atoms. The molecule has 0 unspecified atom stereocenters. The number of methoxy groups -OCH3 is 1. The van der Waals surface area contributed by atoms with E-state index in [0.29, 0.717) is 18.9 Å². The van der Waals surface area contributed by atoms with Gasteiger partial charge in [0.1, 0.15) is 16.5 Å². The van der Waals surface area contributed by atoms with Crippen LogP contribution in [0.4, 0.5) is 0 Å². The summed E-state index contributed by atoms with van der Waals surface area (Å²) in [7, 11) is 1.63. The van der Waals surface area contributed by atoms with Gasteiger partial charge in [0.2, 0.25) is 0 Å². The molecule has 6 nitrogen and oxygen atoms in total. The largest absolute Gasteiger partial charge is 0.494 e. The molecular formula is C19H25N3O3S. The Hall–Kier alpha value is -1.96. The molecule has 1 aliphatic rings. The molecule has 0 N–H and O–H groups in total. The van der Waals surface area contributed by atoms with Crippen LogP contribution in [0.3, 0.4) is 0 Å². The standard InChI is InChI=1S/C19H25N3O3S/c1-3-25-16-6-4-15(5-7-16)12-21-8-10-22(11-9-21)19(23)17-14-26-18(20-17)13-24-2/h4-7,14H,3,8-13H2,1-2H3. The van der Waals surface area contributed by atoms with E-state index < -0.39 is 0 Å². The highest BCUT2D eigenvalue weighted by Gasteiger charge is 2.23. The van der Waals surface area contributed by atoms with Gasteiger partial charge in [-0.3, -0.25) is 9.69 Å². The number of piperazine rings is 1. The second-order valence-electron chi connectivity index (χ2n) is 6.20. The summed E-state index contributed by atoms with van der Waals surface area (Å²) in [4.78, 5) is 21.2. The number of rotatable bonds is 7. The second kappa shape index (κ2) is 9.12. The van der Waals surface area contributed by atoms with E-state index >= 15 is 0 Å². The zero-order valence-electron chi connectivity index (χ0n) is 15.3. The number of benzene rings is 1. The first-order valence-corrected chi connectivity index (χ1v) is 9.74. The number of hydrogen-bond donors (Lipinski definition) is 0. The lowest BCUT2D eigenvalue weighted by atomic mass is 10.2. The van der Waals surface area contributed by atoms with Gasteiger partial charge in [-0.25, -0.2) is 4.98 Å². The minimum absolute atomic E-state index is 0.0179. The SMILES string of the molecule is CCOc1ccc(CN2CCN(C(=O)c3csc(COC)n3)CC2)cc1. The Balaban J connectivity index is 1.49. The smallest absolute Gasteiger partial charge is 0.273 e. The summed E-state index contributed by atoms with van der Waals surface area (Å²) in [5.41, 5.74) is 1.79. The molecule has 1 aromatic heterocycles. The number of nitrogens with zero attached hydrogens (tertiary/aromatic N) is 3. The van der Waals surface area contributed by atoms with Crippen molar-refractivity contribution >= 4 is 17.2 Å². The maximum Gasteiger partial charge on any atom is 0.273 e. The lowest BCUT2D eigenvalue weighted by Gasteiger charge is -2.34. The zero-order valence-corrected chi connectivity index (χ0v) is 16.1. The predicted molar refractivity (Wildman–Crippen MR) is 102 cm³/mol. The van der Waals surface area contributed by atoms with Gasteiger partial charge >= 0.3 is 0 Å². The summed E-state index contributed by atoms with van der Waals surface area (Å²) in [5, 5.41) is 2.66. The molecular weight excluding hydrogens is 350 g/mol. The number of aromatic nitrogens is 1. The Labute approximate surface area is 158 Å². The molecule has 0 saturated carbocycles. The number of ether oxygens (including phenoxy) is 2. The fourth-order valence-corrected chi connectivity index (χ4v) is 3.72. The van der Waals surface area contributed by atoms with Crippen molar-refractivity contribution in [2.45, 2.75) is 20.1 Å².